The van der Waals surface area contributed by atoms with Crippen LogP contribution in [0.25, 0.3) is 0 Å². The minimum atomic E-state index is -0.633. The van der Waals surface area contributed by atoms with E-state index in [1.54, 1.807) is 30.5 Å². The third kappa shape index (κ3) is 4.35. The second-order valence-electron chi connectivity index (χ2n) is 7.34. The molecule has 0 radical (unpaired) electrons. The average molecular weight is 389 g/mol. The Bertz CT molecular complexity index is 800. The lowest BCUT2D eigenvalue weighted by Crippen LogP contribution is -2.52. The van der Waals surface area contributed by atoms with Crippen molar-refractivity contribution in [2.45, 2.75) is 51.7 Å². The van der Waals surface area contributed by atoms with Gasteiger partial charge >= 0.3 is 0 Å². The molecule has 1 saturated carbocycles. The van der Waals surface area contributed by atoms with Gasteiger partial charge in [-0.05, 0) is 49.9 Å². The topological polar surface area (TPSA) is 62.6 Å². The summed E-state index contributed by atoms with van der Waals surface area (Å²) in [5.41, 5.74) is 0.370. The van der Waals surface area contributed by atoms with Crippen LogP contribution in [0.1, 0.15) is 55.8 Å². The van der Waals surface area contributed by atoms with Gasteiger partial charge in [-0.2, -0.15) is 0 Å². The number of furan rings is 1. The number of hydrogen-bond donors (Lipinski definition) is 1. The molecule has 6 heteroatoms. The maximum atomic E-state index is 13.4. The molecule has 0 bridgehead atoms. The number of carbonyl (C=O) groups is 2. The molecule has 27 heavy (non-hydrogen) atoms. The standard InChI is InChI=1S/C21H25ClN2O3/c1-13(2)19(23-20(25)16-7-4-5-8-17(16)22)21(26)24(15-10-11-15)14(3)18-9-6-12-27-18/h4-9,12-15,19H,10-11H2,1-3H3,(H,23,25). The molecule has 2 unspecified atom stereocenters. The molecule has 1 aromatic carbocycles. The van der Waals surface area contributed by atoms with Crippen molar-refractivity contribution in [1.82, 2.24) is 10.2 Å². The Hall–Kier alpha value is -2.27. The second kappa shape index (κ2) is 8.17. The van der Waals surface area contributed by atoms with Gasteiger partial charge in [-0.25, -0.2) is 0 Å². The van der Waals surface area contributed by atoms with Crippen molar-refractivity contribution in [2.24, 2.45) is 5.92 Å². The summed E-state index contributed by atoms with van der Waals surface area (Å²) in [5, 5.41) is 3.26. The number of halogens is 1. The van der Waals surface area contributed by atoms with E-state index in [0.29, 0.717) is 10.6 Å². The normalized spacial score (nSPS) is 16.0. The summed E-state index contributed by atoms with van der Waals surface area (Å²) in [4.78, 5) is 28.0. The molecular formula is C21H25ClN2O3. The Morgan fingerprint density at radius 1 is 1.15 bits per heavy atom. The highest BCUT2D eigenvalue weighted by Gasteiger charge is 2.41. The van der Waals surface area contributed by atoms with Crippen molar-refractivity contribution in [3.05, 3.63) is 59.0 Å². The van der Waals surface area contributed by atoms with E-state index >= 15 is 0 Å². The van der Waals surface area contributed by atoms with Crippen LogP contribution in [0, 0.1) is 5.92 Å². The van der Waals surface area contributed by atoms with Gasteiger partial charge in [0.05, 0.1) is 22.9 Å². The molecule has 3 rings (SSSR count). The fraction of sp³-hybridized carbons (Fsp3) is 0.429. The van der Waals surface area contributed by atoms with E-state index in [1.165, 1.54) is 0 Å². The fourth-order valence-electron chi connectivity index (χ4n) is 3.24. The van der Waals surface area contributed by atoms with E-state index in [9.17, 15) is 9.59 Å². The SMILES string of the molecule is CC(C)C(NC(=O)c1ccccc1Cl)C(=O)N(C1CC1)C(C)c1ccco1. The molecular weight excluding hydrogens is 364 g/mol. The maximum absolute atomic E-state index is 13.4. The maximum Gasteiger partial charge on any atom is 0.253 e. The molecule has 0 aliphatic heterocycles. The summed E-state index contributed by atoms with van der Waals surface area (Å²) in [6, 6.07) is 9.91. The summed E-state index contributed by atoms with van der Waals surface area (Å²) in [7, 11) is 0. The van der Waals surface area contributed by atoms with Crippen molar-refractivity contribution < 1.29 is 14.0 Å². The monoisotopic (exact) mass is 388 g/mol. The highest BCUT2D eigenvalue weighted by molar-refractivity contribution is 6.33. The van der Waals surface area contributed by atoms with Gasteiger partial charge in [-0.3, -0.25) is 9.59 Å². The third-order valence-electron chi connectivity index (χ3n) is 4.90. The van der Waals surface area contributed by atoms with Crippen molar-refractivity contribution in [2.75, 3.05) is 0 Å². The van der Waals surface area contributed by atoms with Crippen molar-refractivity contribution >= 4 is 23.4 Å². The van der Waals surface area contributed by atoms with Gasteiger partial charge in [0.15, 0.2) is 0 Å². The molecule has 1 aliphatic rings. The van der Waals surface area contributed by atoms with E-state index in [-0.39, 0.29) is 29.8 Å². The molecule has 1 aromatic heterocycles. The fourth-order valence-corrected chi connectivity index (χ4v) is 3.47. The zero-order chi connectivity index (χ0) is 19.6. The highest BCUT2D eigenvalue weighted by Crippen LogP contribution is 2.35. The zero-order valence-corrected chi connectivity index (χ0v) is 16.6. The largest absolute Gasteiger partial charge is 0.467 e. The van der Waals surface area contributed by atoms with Crippen molar-refractivity contribution in [3.63, 3.8) is 0 Å². The molecule has 144 valence electrons. The molecule has 1 aliphatic carbocycles. The lowest BCUT2D eigenvalue weighted by atomic mass is 10.0. The average Bonchev–Trinajstić information content (AvgIpc) is 3.31. The summed E-state index contributed by atoms with van der Waals surface area (Å²) in [6.45, 7) is 5.82. The molecule has 2 aromatic rings. The van der Waals surface area contributed by atoms with Gasteiger partial charge in [0, 0.05) is 6.04 Å². The van der Waals surface area contributed by atoms with Crippen LogP contribution in [0.2, 0.25) is 5.02 Å². The summed E-state index contributed by atoms with van der Waals surface area (Å²) in [5.74, 6) is 0.259. The van der Waals surface area contributed by atoms with Gasteiger partial charge in [0.25, 0.3) is 5.91 Å². The van der Waals surface area contributed by atoms with Crippen LogP contribution in [0.15, 0.2) is 47.1 Å². The smallest absolute Gasteiger partial charge is 0.253 e. The van der Waals surface area contributed by atoms with E-state index in [1.807, 2.05) is 37.8 Å². The third-order valence-corrected chi connectivity index (χ3v) is 5.23. The van der Waals surface area contributed by atoms with Crippen LogP contribution in [0.5, 0.6) is 0 Å². The number of hydrogen-bond acceptors (Lipinski definition) is 3. The van der Waals surface area contributed by atoms with Gasteiger partial charge in [0.1, 0.15) is 11.8 Å². The van der Waals surface area contributed by atoms with Crippen LogP contribution in [-0.4, -0.2) is 28.8 Å². The Kier molecular flexibility index (Phi) is 5.90. The number of amides is 2. The van der Waals surface area contributed by atoms with Gasteiger partial charge in [-0.15, -0.1) is 0 Å². The number of nitrogens with one attached hydrogen (secondary N) is 1. The molecule has 1 heterocycles. The first kappa shape index (κ1) is 19.5. The first-order chi connectivity index (χ1) is 12.9. The van der Waals surface area contributed by atoms with Gasteiger partial charge in [-0.1, -0.05) is 37.6 Å². The highest BCUT2D eigenvalue weighted by atomic mass is 35.5. The molecule has 5 nitrogen and oxygen atoms in total. The number of benzene rings is 1. The Labute approximate surface area is 164 Å². The van der Waals surface area contributed by atoms with Crippen LogP contribution in [0.3, 0.4) is 0 Å². The Morgan fingerprint density at radius 2 is 1.85 bits per heavy atom. The Morgan fingerprint density at radius 3 is 2.41 bits per heavy atom. The van der Waals surface area contributed by atoms with E-state index in [2.05, 4.69) is 5.32 Å². The lowest BCUT2D eigenvalue weighted by Gasteiger charge is -2.33. The van der Waals surface area contributed by atoms with Crippen LogP contribution < -0.4 is 5.32 Å². The first-order valence-electron chi connectivity index (χ1n) is 9.31. The van der Waals surface area contributed by atoms with Crippen molar-refractivity contribution in [3.8, 4) is 0 Å². The van der Waals surface area contributed by atoms with Gasteiger partial charge in [0.2, 0.25) is 5.91 Å². The number of carbonyl (C=O) groups excluding carboxylic acids is 2. The summed E-state index contributed by atoms with van der Waals surface area (Å²) < 4.78 is 5.51. The summed E-state index contributed by atoms with van der Waals surface area (Å²) >= 11 is 6.13. The second-order valence-corrected chi connectivity index (χ2v) is 7.75. The minimum absolute atomic E-state index is 0.0611. The molecule has 2 atom stereocenters. The first-order valence-corrected chi connectivity index (χ1v) is 9.69. The van der Waals surface area contributed by atoms with Crippen LogP contribution >= 0.6 is 11.6 Å². The van der Waals surface area contributed by atoms with Crippen LogP contribution in [-0.2, 0) is 4.79 Å². The lowest BCUT2D eigenvalue weighted by molar-refractivity contribution is -0.137. The predicted molar refractivity (Wildman–Crippen MR) is 105 cm³/mol. The van der Waals surface area contributed by atoms with E-state index in [0.717, 1.165) is 18.6 Å². The molecule has 1 fully saturated rings. The molecule has 1 N–H and O–H groups in total. The number of rotatable bonds is 7. The quantitative estimate of drug-likeness (QED) is 0.762. The summed E-state index contributed by atoms with van der Waals surface area (Å²) in [6.07, 6.45) is 3.56. The predicted octanol–water partition coefficient (Wildman–Crippen LogP) is 4.44. The van der Waals surface area contributed by atoms with Crippen molar-refractivity contribution in [1.29, 1.82) is 0 Å². The van der Waals surface area contributed by atoms with E-state index < -0.39 is 6.04 Å². The van der Waals surface area contributed by atoms with E-state index in [4.69, 9.17) is 16.0 Å². The molecule has 0 saturated heterocycles. The Balaban J connectivity index is 1.81. The molecule has 0 spiro atoms. The minimum Gasteiger partial charge on any atom is -0.467 e. The number of nitrogens with zero attached hydrogens (tertiary/aromatic N) is 1. The van der Waals surface area contributed by atoms with Crippen LogP contribution in [0.4, 0.5) is 0 Å². The molecule has 2 amide bonds. The zero-order valence-electron chi connectivity index (χ0n) is 15.8. The van der Waals surface area contributed by atoms with Gasteiger partial charge < -0.3 is 14.6 Å².